The number of rotatable bonds is 7. The van der Waals surface area contributed by atoms with Gasteiger partial charge in [0.15, 0.2) is 0 Å². The quantitative estimate of drug-likeness (QED) is 0.778. The van der Waals surface area contributed by atoms with E-state index in [4.69, 9.17) is 0 Å². The first kappa shape index (κ1) is 17.0. The SMILES string of the molecule is CC(CCC(=O)N(C)Cc1cnn(C(C)C)c1)N1CCCC1. The highest BCUT2D eigenvalue weighted by molar-refractivity contribution is 5.75. The van der Waals surface area contributed by atoms with E-state index in [1.54, 1.807) is 0 Å². The van der Waals surface area contributed by atoms with Gasteiger partial charge in [-0.2, -0.15) is 5.10 Å². The number of carbonyl (C=O) groups excluding carboxylic acids is 1. The van der Waals surface area contributed by atoms with E-state index >= 15 is 0 Å². The Kier molecular flexibility index (Phi) is 6.00. The Balaban J connectivity index is 1.76. The standard InChI is InChI=1S/C17H30N4O/c1-14(2)21-13-16(11-18-21)12-19(4)17(22)8-7-15(3)20-9-5-6-10-20/h11,13-15H,5-10,12H2,1-4H3. The Morgan fingerprint density at radius 2 is 2.00 bits per heavy atom. The van der Waals surface area contributed by atoms with Crippen LogP contribution in [0.1, 0.15) is 58.1 Å². The van der Waals surface area contributed by atoms with Crippen LogP contribution in [0.5, 0.6) is 0 Å². The van der Waals surface area contributed by atoms with Crippen molar-refractivity contribution >= 4 is 5.91 Å². The second kappa shape index (κ2) is 7.77. The second-order valence-corrected chi connectivity index (χ2v) is 6.80. The van der Waals surface area contributed by atoms with Crippen LogP contribution in [0.25, 0.3) is 0 Å². The van der Waals surface area contributed by atoms with Gasteiger partial charge in [0, 0.05) is 43.9 Å². The van der Waals surface area contributed by atoms with Gasteiger partial charge in [0.1, 0.15) is 0 Å². The van der Waals surface area contributed by atoms with Crippen LogP contribution >= 0.6 is 0 Å². The molecule has 0 radical (unpaired) electrons. The van der Waals surface area contributed by atoms with Crippen molar-refractivity contribution in [1.29, 1.82) is 0 Å². The van der Waals surface area contributed by atoms with Crippen molar-refractivity contribution in [1.82, 2.24) is 19.6 Å². The van der Waals surface area contributed by atoms with Gasteiger partial charge in [-0.1, -0.05) is 0 Å². The maximum atomic E-state index is 12.3. The molecule has 1 aliphatic heterocycles. The summed E-state index contributed by atoms with van der Waals surface area (Å²) in [6.45, 7) is 9.48. The highest BCUT2D eigenvalue weighted by atomic mass is 16.2. The summed E-state index contributed by atoms with van der Waals surface area (Å²) in [4.78, 5) is 16.6. The summed E-state index contributed by atoms with van der Waals surface area (Å²) >= 11 is 0. The van der Waals surface area contributed by atoms with Gasteiger partial charge in [0.05, 0.1) is 6.20 Å². The van der Waals surface area contributed by atoms with Gasteiger partial charge in [-0.25, -0.2) is 0 Å². The van der Waals surface area contributed by atoms with E-state index in [1.807, 2.05) is 29.0 Å². The van der Waals surface area contributed by atoms with Crippen molar-refractivity contribution < 1.29 is 4.79 Å². The fourth-order valence-electron chi connectivity index (χ4n) is 2.99. The number of carbonyl (C=O) groups is 1. The summed E-state index contributed by atoms with van der Waals surface area (Å²) in [7, 11) is 1.88. The number of aromatic nitrogens is 2. The minimum absolute atomic E-state index is 0.225. The highest BCUT2D eigenvalue weighted by Crippen LogP contribution is 2.16. The molecule has 1 aromatic rings. The van der Waals surface area contributed by atoms with E-state index in [0.717, 1.165) is 12.0 Å². The van der Waals surface area contributed by atoms with E-state index in [0.29, 0.717) is 25.0 Å². The van der Waals surface area contributed by atoms with E-state index in [1.165, 1.54) is 25.9 Å². The van der Waals surface area contributed by atoms with Gasteiger partial charge in [0.2, 0.25) is 5.91 Å². The lowest BCUT2D eigenvalue weighted by atomic mass is 10.1. The lowest BCUT2D eigenvalue weighted by molar-refractivity contribution is -0.130. The smallest absolute Gasteiger partial charge is 0.222 e. The van der Waals surface area contributed by atoms with Gasteiger partial charge < -0.3 is 9.80 Å². The summed E-state index contributed by atoms with van der Waals surface area (Å²) < 4.78 is 1.93. The number of amides is 1. The molecule has 0 N–H and O–H groups in total. The fraction of sp³-hybridized carbons (Fsp3) is 0.765. The topological polar surface area (TPSA) is 41.4 Å². The van der Waals surface area contributed by atoms with Gasteiger partial charge in [-0.15, -0.1) is 0 Å². The zero-order valence-corrected chi connectivity index (χ0v) is 14.5. The average Bonchev–Trinajstić information content (AvgIpc) is 3.15. The molecule has 1 atom stereocenters. The van der Waals surface area contributed by atoms with Gasteiger partial charge >= 0.3 is 0 Å². The van der Waals surface area contributed by atoms with E-state index in [9.17, 15) is 4.79 Å². The minimum Gasteiger partial charge on any atom is -0.341 e. The summed E-state index contributed by atoms with van der Waals surface area (Å²) in [6.07, 6.45) is 8.08. The summed E-state index contributed by atoms with van der Waals surface area (Å²) in [5.41, 5.74) is 1.09. The van der Waals surface area contributed by atoms with Crippen molar-refractivity contribution in [2.24, 2.45) is 0 Å². The Hall–Kier alpha value is -1.36. The Morgan fingerprint density at radius 3 is 2.59 bits per heavy atom. The molecule has 0 spiro atoms. The number of likely N-dealkylation sites (tertiary alicyclic amines) is 1. The molecule has 5 heteroatoms. The van der Waals surface area contributed by atoms with Crippen LogP contribution in [0, 0.1) is 0 Å². The van der Waals surface area contributed by atoms with Crippen molar-refractivity contribution in [3.8, 4) is 0 Å². The van der Waals surface area contributed by atoms with Crippen molar-refractivity contribution in [2.45, 2.75) is 65.1 Å². The van der Waals surface area contributed by atoms with Crippen LogP contribution in [-0.4, -0.2) is 51.7 Å². The normalized spacial score (nSPS) is 17.1. The largest absolute Gasteiger partial charge is 0.341 e. The molecule has 0 aromatic carbocycles. The van der Waals surface area contributed by atoms with Crippen molar-refractivity contribution in [3.05, 3.63) is 18.0 Å². The first-order valence-electron chi connectivity index (χ1n) is 8.48. The van der Waals surface area contributed by atoms with Crippen LogP contribution in [0.2, 0.25) is 0 Å². The minimum atomic E-state index is 0.225. The van der Waals surface area contributed by atoms with Crippen LogP contribution in [-0.2, 0) is 11.3 Å². The molecule has 2 heterocycles. The molecule has 1 unspecified atom stereocenters. The van der Waals surface area contributed by atoms with Crippen LogP contribution in [0.4, 0.5) is 0 Å². The third kappa shape index (κ3) is 4.57. The predicted molar refractivity (Wildman–Crippen MR) is 88.6 cm³/mol. The molecule has 0 saturated carbocycles. The zero-order chi connectivity index (χ0) is 16.1. The van der Waals surface area contributed by atoms with Crippen LogP contribution in [0.15, 0.2) is 12.4 Å². The second-order valence-electron chi connectivity index (χ2n) is 6.80. The summed E-state index contributed by atoms with van der Waals surface area (Å²) in [5.74, 6) is 0.225. The molecular weight excluding hydrogens is 276 g/mol. The molecule has 1 aliphatic rings. The molecule has 2 rings (SSSR count). The molecule has 1 amide bonds. The number of hydrogen-bond donors (Lipinski definition) is 0. The first-order chi connectivity index (χ1) is 10.5. The molecule has 1 aromatic heterocycles. The Morgan fingerprint density at radius 1 is 1.32 bits per heavy atom. The molecular formula is C17H30N4O. The molecule has 0 aliphatic carbocycles. The number of nitrogens with zero attached hydrogens (tertiary/aromatic N) is 4. The number of hydrogen-bond acceptors (Lipinski definition) is 3. The van der Waals surface area contributed by atoms with Crippen molar-refractivity contribution in [3.63, 3.8) is 0 Å². The monoisotopic (exact) mass is 306 g/mol. The molecule has 124 valence electrons. The highest BCUT2D eigenvalue weighted by Gasteiger charge is 2.19. The molecule has 5 nitrogen and oxygen atoms in total. The van der Waals surface area contributed by atoms with E-state index in [2.05, 4.69) is 30.8 Å². The Bertz CT molecular complexity index is 477. The Labute approximate surface area is 134 Å². The lowest BCUT2D eigenvalue weighted by Gasteiger charge is -2.24. The van der Waals surface area contributed by atoms with Crippen molar-refractivity contribution in [2.75, 3.05) is 20.1 Å². The summed E-state index contributed by atoms with van der Waals surface area (Å²) in [6, 6.07) is 0.875. The first-order valence-corrected chi connectivity index (χ1v) is 8.48. The molecule has 0 bridgehead atoms. The molecule has 1 saturated heterocycles. The zero-order valence-electron chi connectivity index (χ0n) is 14.5. The van der Waals surface area contributed by atoms with Gasteiger partial charge in [-0.05, 0) is 53.1 Å². The lowest BCUT2D eigenvalue weighted by Crippen LogP contribution is -2.32. The van der Waals surface area contributed by atoms with Gasteiger partial charge in [-0.3, -0.25) is 9.48 Å². The van der Waals surface area contributed by atoms with E-state index < -0.39 is 0 Å². The van der Waals surface area contributed by atoms with Gasteiger partial charge in [0.25, 0.3) is 0 Å². The average molecular weight is 306 g/mol. The molecule has 1 fully saturated rings. The fourth-order valence-corrected chi connectivity index (χ4v) is 2.99. The summed E-state index contributed by atoms with van der Waals surface area (Å²) in [5, 5.41) is 4.33. The van der Waals surface area contributed by atoms with Crippen LogP contribution in [0.3, 0.4) is 0 Å². The third-order valence-corrected chi connectivity index (χ3v) is 4.57. The van der Waals surface area contributed by atoms with Crippen LogP contribution < -0.4 is 0 Å². The third-order valence-electron chi connectivity index (χ3n) is 4.57. The maximum Gasteiger partial charge on any atom is 0.222 e. The molecule has 22 heavy (non-hydrogen) atoms. The maximum absolute atomic E-state index is 12.3. The predicted octanol–water partition coefficient (Wildman–Crippen LogP) is 2.69. The van der Waals surface area contributed by atoms with E-state index in [-0.39, 0.29) is 5.91 Å².